The number of anilines is 1. The highest BCUT2D eigenvalue weighted by molar-refractivity contribution is 6.30. The van der Waals surface area contributed by atoms with Crippen LogP contribution in [-0.2, 0) is 11.2 Å². The molecular formula is C17H17ClN2O3. The molecule has 2 aromatic carbocycles. The number of halogens is 1. The Morgan fingerprint density at radius 3 is 2.43 bits per heavy atom. The predicted octanol–water partition coefficient (Wildman–Crippen LogP) is 4.15. The smallest absolute Gasteiger partial charge is 0.271 e. The summed E-state index contributed by atoms with van der Waals surface area (Å²) in [6.07, 6.45) is 0.215. The summed E-state index contributed by atoms with van der Waals surface area (Å²) in [4.78, 5) is 24.7. The minimum Gasteiger partial charge on any atom is -0.312 e. The molecule has 0 fully saturated rings. The van der Waals surface area contributed by atoms with Crippen molar-refractivity contribution in [3.05, 3.63) is 68.7 Å². The van der Waals surface area contributed by atoms with E-state index >= 15 is 0 Å². The topological polar surface area (TPSA) is 63.5 Å². The summed E-state index contributed by atoms with van der Waals surface area (Å²) in [5, 5.41) is 11.6. The second-order valence-corrected chi connectivity index (χ2v) is 5.61. The number of likely N-dealkylation sites (N-methyl/N-ethyl adjacent to an activating group) is 1. The second kappa shape index (κ2) is 7.24. The normalized spacial score (nSPS) is 10.4. The van der Waals surface area contributed by atoms with Crippen LogP contribution in [0.15, 0.2) is 42.5 Å². The molecule has 1 amide bonds. The van der Waals surface area contributed by atoms with Crippen LogP contribution in [0.2, 0.25) is 5.02 Å². The molecule has 120 valence electrons. The van der Waals surface area contributed by atoms with Crippen molar-refractivity contribution in [3.8, 4) is 0 Å². The zero-order valence-corrected chi connectivity index (χ0v) is 13.7. The number of nitrogens with zero attached hydrogens (tertiary/aromatic N) is 2. The van der Waals surface area contributed by atoms with Gasteiger partial charge in [0, 0.05) is 23.7 Å². The number of hydrogen-bond donors (Lipinski definition) is 0. The van der Waals surface area contributed by atoms with Crippen molar-refractivity contribution in [1.29, 1.82) is 0 Å². The molecule has 0 aromatic heterocycles. The Morgan fingerprint density at radius 2 is 1.87 bits per heavy atom. The third-order valence-corrected chi connectivity index (χ3v) is 3.83. The molecule has 0 aliphatic carbocycles. The van der Waals surface area contributed by atoms with E-state index in [9.17, 15) is 14.9 Å². The number of nitro groups is 1. The molecule has 0 saturated heterocycles. The van der Waals surface area contributed by atoms with Crippen LogP contribution in [0.4, 0.5) is 11.4 Å². The summed E-state index contributed by atoms with van der Waals surface area (Å²) < 4.78 is 0. The third-order valence-electron chi connectivity index (χ3n) is 3.58. The molecule has 0 atom stereocenters. The lowest BCUT2D eigenvalue weighted by molar-refractivity contribution is -0.384. The summed E-state index contributed by atoms with van der Waals surface area (Å²) in [6, 6.07) is 11.6. The molecule has 0 heterocycles. The SMILES string of the molecule is CCN(C(=O)Cc1ccc(Cl)cc1)c1cc([N+](=O)[O-])ccc1C. The molecule has 2 rings (SSSR count). The molecule has 0 aliphatic heterocycles. The first kappa shape index (κ1) is 17.0. The molecule has 0 N–H and O–H groups in total. The lowest BCUT2D eigenvalue weighted by atomic mass is 10.1. The van der Waals surface area contributed by atoms with Crippen LogP contribution in [0.3, 0.4) is 0 Å². The molecule has 0 radical (unpaired) electrons. The maximum absolute atomic E-state index is 12.6. The first-order valence-electron chi connectivity index (χ1n) is 7.22. The van der Waals surface area contributed by atoms with Gasteiger partial charge in [0.25, 0.3) is 5.69 Å². The minimum atomic E-state index is -0.458. The van der Waals surface area contributed by atoms with Crippen molar-refractivity contribution in [1.82, 2.24) is 0 Å². The van der Waals surface area contributed by atoms with Crippen LogP contribution in [0, 0.1) is 17.0 Å². The molecule has 0 unspecified atom stereocenters. The lowest BCUT2D eigenvalue weighted by Crippen LogP contribution is -2.32. The quantitative estimate of drug-likeness (QED) is 0.610. The highest BCUT2D eigenvalue weighted by Crippen LogP contribution is 2.26. The van der Waals surface area contributed by atoms with E-state index in [-0.39, 0.29) is 18.0 Å². The molecule has 0 spiro atoms. The summed E-state index contributed by atoms with van der Waals surface area (Å²) >= 11 is 5.84. The fourth-order valence-corrected chi connectivity index (χ4v) is 2.48. The highest BCUT2D eigenvalue weighted by Gasteiger charge is 2.19. The molecule has 23 heavy (non-hydrogen) atoms. The Hall–Kier alpha value is -2.40. The Kier molecular flexibility index (Phi) is 5.34. The predicted molar refractivity (Wildman–Crippen MR) is 91.0 cm³/mol. The largest absolute Gasteiger partial charge is 0.312 e. The molecule has 2 aromatic rings. The Balaban J connectivity index is 2.28. The molecule has 5 nitrogen and oxygen atoms in total. The zero-order chi connectivity index (χ0) is 17.0. The fourth-order valence-electron chi connectivity index (χ4n) is 2.36. The van der Waals surface area contributed by atoms with Gasteiger partial charge in [-0.15, -0.1) is 0 Å². The fraction of sp³-hybridized carbons (Fsp3) is 0.235. The average molecular weight is 333 g/mol. The van der Waals surface area contributed by atoms with Crippen molar-refractivity contribution < 1.29 is 9.72 Å². The zero-order valence-electron chi connectivity index (χ0n) is 13.0. The number of non-ortho nitro benzene ring substituents is 1. The van der Waals surface area contributed by atoms with Gasteiger partial charge in [-0.25, -0.2) is 0 Å². The first-order chi connectivity index (χ1) is 10.9. The van der Waals surface area contributed by atoms with Gasteiger partial charge in [0.2, 0.25) is 5.91 Å². The number of carbonyl (C=O) groups is 1. The summed E-state index contributed by atoms with van der Waals surface area (Å²) in [5.41, 5.74) is 2.21. The van der Waals surface area contributed by atoms with E-state index in [0.717, 1.165) is 11.1 Å². The van der Waals surface area contributed by atoms with E-state index in [1.165, 1.54) is 12.1 Å². The molecule has 0 bridgehead atoms. The van der Waals surface area contributed by atoms with Crippen molar-refractivity contribution in [2.24, 2.45) is 0 Å². The van der Waals surface area contributed by atoms with Crippen LogP contribution in [0.5, 0.6) is 0 Å². The van der Waals surface area contributed by atoms with Crippen LogP contribution in [0.1, 0.15) is 18.1 Å². The molecule has 6 heteroatoms. The van der Waals surface area contributed by atoms with Gasteiger partial charge in [0.05, 0.1) is 17.0 Å². The number of aryl methyl sites for hydroxylation is 1. The molecule has 0 saturated carbocycles. The van der Waals surface area contributed by atoms with E-state index < -0.39 is 4.92 Å². The summed E-state index contributed by atoms with van der Waals surface area (Å²) in [7, 11) is 0. The number of carbonyl (C=O) groups excluding carboxylic acids is 1. The number of nitro benzene ring substituents is 1. The monoisotopic (exact) mass is 332 g/mol. The maximum Gasteiger partial charge on any atom is 0.271 e. The average Bonchev–Trinajstić information content (AvgIpc) is 2.52. The minimum absolute atomic E-state index is 0.0247. The van der Waals surface area contributed by atoms with E-state index in [4.69, 9.17) is 11.6 Å². The standard InChI is InChI=1S/C17H17ClN2O3/c1-3-19(16-11-15(20(22)23)9-4-12(16)2)17(21)10-13-5-7-14(18)8-6-13/h4-9,11H,3,10H2,1-2H3. The Bertz CT molecular complexity index is 729. The van der Waals surface area contributed by atoms with Gasteiger partial charge in [-0.05, 0) is 37.1 Å². The number of benzene rings is 2. The van der Waals surface area contributed by atoms with E-state index in [0.29, 0.717) is 17.3 Å². The highest BCUT2D eigenvalue weighted by atomic mass is 35.5. The van der Waals surface area contributed by atoms with Gasteiger partial charge in [-0.2, -0.15) is 0 Å². The maximum atomic E-state index is 12.6. The van der Waals surface area contributed by atoms with Crippen molar-refractivity contribution in [2.75, 3.05) is 11.4 Å². The van der Waals surface area contributed by atoms with Crippen LogP contribution < -0.4 is 4.90 Å². The second-order valence-electron chi connectivity index (χ2n) is 5.17. The van der Waals surface area contributed by atoms with Crippen LogP contribution in [0.25, 0.3) is 0 Å². The van der Waals surface area contributed by atoms with Gasteiger partial charge >= 0.3 is 0 Å². The third kappa shape index (κ3) is 4.07. The lowest BCUT2D eigenvalue weighted by Gasteiger charge is -2.23. The van der Waals surface area contributed by atoms with Gasteiger partial charge in [-0.3, -0.25) is 14.9 Å². The van der Waals surface area contributed by atoms with Crippen LogP contribution >= 0.6 is 11.6 Å². The van der Waals surface area contributed by atoms with Gasteiger partial charge in [0.1, 0.15) is 0 Å². The van der Waals surface area contributed by atoms with Gasteiger partial charge in [-0.1, -0.05) is 29.8 Å². The molecule has 0 aliphatic rings. The van der Waals surface area contributed by atoms with E-state index in [2.05, 4.69) is 0 Å². The number of hydrogen-bond acceptors (Lipinski definition) is 3. The van der Waals surface area contributed by atoms with Crippen LogP contribution in [-0.4, -0.2) is 17.4 Å². The van der Waals surface area contributed by atoms with E-state index in [1.807, 2.05) is 13.8 Å². The number of rotatable bonds is 5. The van der Waals surface area contributed by atoms with Crippen molar-refractivity contribution in [3.63, 3.8) is 0 Å². The van der Waals surface area contributed by atoms with E-state index in [1.54, 1.807) is 35.2 Å². The van der Waals surface area contributed by atoms with Crippen molar-refractivity contribution >= 4 is 28.9 Å². The summed E-state index contributed by atoms with van der Waals surface area (Å²) in [5.74, 6) is -0.113. The van der Waals surface area contributed by atoms with Gasteiger partial charge in [0.15, 0.2) is 0 Å². The first-order valence-corrected chi connectivity index (χ1v) is 7.60. The molecular weight excluding hydrogens is 316 g/mol. The summed E-state index contributed by atoms with van der Waals surface area (Å²) in [6.45, 7) is 4.11. The Labute approximate surface area is 139 Å². The number of amides is 1. The Morgan fingerprint density at radius 1 is 1.22 bits per heavy atom. The van der Waals surface area contributed by atoms with Crippen molar-refractivity contribution in [2.45, 2.75) is 20.3 Å². The van der Waals surface area contributed by atoms with Gasteiger partial charge < -0.3 is 4.90 Å².